The van der Waals surface area contributed by atoms with Crippen molar-refractivity contribution in [1.29, 1.82) is 0 Å². The van der Waals surface area contributed by atoms with Gasteiger partial charge in [0.15, 0.2) is 5.03 Å². The van der Waals surface area contributed by atoms with Crippen molar-refractivity contribution >= 4 is 23.9 Å². The molecule has 1 aromatic rings. The molecule has 0 spiro atoms. The van der Waals surface area contributed by atoms with E-state index in [9.17, 15) is 29.6 Å². The van der Waals surface area contributed by atoms with Gasteiger partial charge in [-0.25, -0.2) is 24.7 Å². The number of nitrogens with one attached hydrogen (secondary N) is 3. The normalized spacial score (nSPS) is 13.4. The Kier molecular flexibility index (Phi) is 10.6. The molecule has 0 unspecified atom stereocenters. The van der Waals surface area contributed by atoms with Crippen molar-refractivity contribution in [2.45, 2.75) is 57.7 Å². The van der Waals surface area contributed by atoms with E-state index in [1.165, 1.54) is 0 Å². The number of hydrazine groups is 1. The summed E-state index contributed by atoms with van der Waals surface area (Å²) in [4.78, 5) is 50.8. The number of carboxylic acid groups (broad SMARTS) is 1. The first kappa shape index (κ1) is 27.1. The molecule has 1 aromatic carbocycles. The molecule has 13 heteroatoms. The third-order valence-corrected chi connectivity index (χ3v) is 4.04. The van der Waals surface area contributed by atoms with E-state index in [2.05, 4.69) is 15.6 Å². The molecule has 13 nitrogen and oxygen atoms in total. The average molecular weight is 466 g/mol. The number of aliphatic imine (C=N–C) groups is 1. The van der Waals surface area contributed by atoms with Crippen molar-refractivity contribution in [2.24, 2.45) is 10.7 Å². The van der Waals surface area contributed by atoms with Gasteiger partial charge >= 0.3 is 12.1 Å². The lowest BCUT2D eigenvalue weighted by Gasteiger charge is -2.24. The summed E-state index contributed by atoms with van der Waals surface area (Å²) in [6.45, 7) is 4.99. The fourth-order valence-electron chi connectivity index (χ4n) is 2.66. The summed E-state index contributed by atoms with van der Waals surface area (Å²) in [6.07, 6.45) is -0.535. The largest absolute Gasteiger partial charge is 0.480 e. The third-order valence-electron chi connectivity index (χ3n) is 4.04. The zero-order chi connectivity index (χ0) is 25.0. The maximum absolute atomic E-state index is 12.8. The van der Waals surface area contributed by atoms with Gasteiger partial charge in [0.25, 0.3) is 5.96 Å². The molecule has 0 fully saturated rings. The van der Waals surface area contributed by atoms with Crippen LogP contribution in [0, 0.1) is 10.1 Å². The Morgan fingerprint density at radius 2 is 1.82 bits per heavy atom. The van der Waals surface area contributed by atoms with E-state index in [1.807, 2.05) is 0 Å². The Morgan fingerprint density at radius 3 is 2.36 bits per heavy atom. The van der Waals surface area contributed by atoms with Crippen LogP contribution in [0.1, 0.15) is 39.2 Å². The summed E-state index contributed by atoms with van der Waals surface area (Å²) < 4.78 is 5.18. The summed E-state index contributed by atoms with van der Waals surface area (Å²) >= 11 is 0. The van der Waals surface area contributed by atoms with Crippen LogP contribution in [0.25, 0.3) is 0 Å². The van der Waals surface area contributed by atoms with Gasteiger partial charge in [0.05, 0.1) is 0 Å². The monoisotopic (exact) mass is 466 g/mol. The fraction of sp³-hybridized carbons (Fsp3) is 0.500. The molecule has 33 heavy (non-hydrogen) atoms. The highest BCUT2D eigenvalue weighted by Crippen LogP contribution is 2.09. The zero-order valence-electron chi connectivity index (χ0n) is 18.7. The SMILES string of the molecule is CC(C)(C)OC(=O)N[C@@H](CCCN=C(N)N[N+](=O)[O-])C(=O)N[C@@H](Cc1ccccc1)C(=O)O. The Labute approximate surface area is 190 Å². The van der Waals surface area contributed by atoms with Crippen molar-refractivity contribution in [2.75, 3.05) is 6.54 Å². The van der Waals surface area contributed by atoms with Crippen LogP contribution in [0.2, 0.25) is 0 Å². The number of rotatable bonds is 11. The number of hydrogen-bond donors (Lipinski definition) is 5. The molecule has 0 aromatic heterocycles. The lowest BCUT2D eigenvalue weighted by atomic mass is 10.0. The Hall–Kier alpha value is -3.90. The predicted octanol–water partition coefficient (Wildman–Crippen LogP) is 0.568. The molecule has 0 aliphatic heterocycles. The van der Waals surface area contributed by atoms with Gasteiger partial charge in [0.1, 0.15) is 17.7 Å². The number of carboxylic acids is 1. The number of nitrogens with zero attached hydrogens (tertiary/aromatic N) is 2. The number of alkyl carbamates (subject to hydrolysis) is 1. The van der Waals surface area contributed by atoms with Crippen molar-refractivity contribution in [3.8, 4) is 0 Å². The van der Waals surface area contributed by atoms with E-state index in [0.717, 1.165) is 0 Å². The first-order valence-corrected chi connectivity index (χ1v) is 10.1. The highest BCUT2D eigenvalue weighted by atomic mass is 16.7. The molecule has 0 aliphatic carbocycles. The second kappa shape index (κ2) is 12.8. The second-order valence-corrected chi connectivity index (χ2v) is 8.07. The van der Waals surface area contributed by atoms with Gasteiger partial charge in [-0.1, -0.05) is 35.8 Å². The zero-order valence-corrected chi connectivity index (χ0v) is 18.7. The fourth-order valence-corrected chi connectivity index (χ4v) is 2.66. The predicted molar refractivity (Wildman–Crippen MR) is 119 cm³/mol. The number of amides is 2. The summed E-state index contributed by atoms with van der Waals surface area (Å²) in [5.74, 6) is -2.36. The number of ether oxygens (including phenoxy) is 1. The molecule has 182 valence electrons. The van der Waals surface area contributed by atoms with Crippen LogP contribution in [0.15, 0.2) is 35.3 Å². The number of aliphatic carboxylic acids is 1. The number of carbonyl (C=O) groups excluding carboxylic acids is 2. The molecule has 6 N–H and O–H groups in total. The highest BCUT2D eigenvalue weighted by molar-refractivity contribution is 5.89. The van der Waals surface area contributed by atoms with Crippen LogP contribution in [-0.4, -0.2) is 58.3 Å². The molecule has 0 saturated heterocycles. The molecule has 0 bridgehead atoms. The van der Waals surface area contributed by atoms with Crippen LogP contribution in [-0.2, 0) is 20.7 Å². The van der Waals surface area contributed by atoms with Crippen molar-refractivity contribution < 1.29 is 29.3 Å². The van der Waals surface area contributed by atoms with Gasteiger partial charge in [0.2, 0.25) is 5.91 Å². The Balaban J connectivity index is 2.85. The minimum Gasteiger partial charge on any atom is -0.480 e. The van der Waals surface area contributed by atoms with E-state index >= 15 is 0 Å². The van der Waals surface area contributed by atoms with Crippen LogP contribution in [0.4, 0.5) is 4.79 Å². The molecule has 2 amide bonds. The topological polar surface area (TPSA) is 198 Å². The van der Waals surface area contributed by atoms with E-state index < -0.39 is 46.6 Å². The van der Waals surface area contributed by atoms with E-state index in [0.29, 0.717) is 5.56 Å². The van der Waals surface area contributed by atoms with Gasteiger partial charge in [-0.2, -0.15) is 0 Å². The van der Waals surface area contributed by atoms with Crippen LogP contribution in [0.5, 0.6) is 0 Å². The summed E-state index contributed by atoms with van der Waals surface area (Å²) in [5, 5.41) is 23.9. The van der Waals surface area contributed by atoms with Gasteiger partial charge in [-0.05, 0) is 39.2 Å². The number of carbonyl (C=O) groups is 3. The molecular formula is C20H30N6O7. The number of hydrogen-bond acceptors (Lipinski definition) is 7. The standard InChI is InChI=1S/C20H30N6O7/c1-20(2,3)33-19(30)24-14(10-7-11-22-18(21)25-26(31)32)16(27)23-15(17(28)29)12-13-8-5-4-6-9-13/h4-6,8-9,14-15H,7,10-12H2,1-3H3,(H,23,27)(H,24,30)(H,28,29)(H3,21,22,25)/t14-,15-/m0/s1. The number of guanidine groups is 1. The minimum absolute atomic E-state index is 0.0266. The summed E-state index contributed by atoms with van der Waals surface area (Å²) in [6, 6.07) is 6.42. The summed E-state index contributed by atoms with van der Waals surface area (Å²) in [7, 11) is 0. The maximum Gasteiger partial charge on any atom is 0.408 e. The van der Waals surface area contributed by atoms with Gasteiger partial charge in [-0.15, -0.1) is 0 Å². The van der Waals surface area contributed by atoms with E-state index in [1.54, 1.807) is 56.5 Å². The summed E-state index contributed by atoms with van der Waals surface area (Å²) in [5.41, 5.74) is 6.93. The minimum atomic E-state index is -1.23. The number of nitrogens with two attached hydrogens (primary N) is 1. The lowest BCUT2D eigenvalue weighted by molar-refractivity contribution is -0.525. The number of nitro groups is 1. The van der Waals surface area contributed by atoms with Gasteiger partial charge < -0.3 is 26.2 Å². The molecule has 2 atom stereocenters. The second-order valence-electron chi connectivity index (χ2n) is 8.07. The molecular weight excluding hydrogens is 436 g/mol. The first-order chi connectivity index (χ1) is 15.4. The molecule has 0 radical (unpaired) electrons. The van der Waals surface area contributed by atoms with Crippen molar-refractivity contribution in [3.63, 3.8) is 0 Å². The van der Waals surface area contributed by atoms with Crippen molar-refractivity contribution in [3.05, 3.63) is 46.0 Å². The smallest absolute Gasteiger partial charge is 0.408 e. The average Bonchev–Trinajstić information content (AvgIpc) is 2.68. The quantitative estimate of drug-likeness (QED) is 0.102. The molecule has 0 heterocycles. The van der Waals surface area contributed by atoms with E-state index in [-0.39, 0.29) is 25.8 Å². The number of benzene rings is 1. The van der Waals surface area contributed by atoms with Crippen LogP contribution >= 0.6 is 0 Å². The third kappa shape index (κ3) is 11.9. The maximum atomic E-state index is 12.8. The van der Waals surface area contributed by atoms with Gasteiger partial charge in [0, 0.05) is 13.0 Å². The van der Waals surface area contributed by atoms with E-state index in [4.69, 9.17) is 10.5 Å². The molecule has 0 aliphatic rings. The Morgan fingerprint density at radius 1 is 1.18 bits per heavy atom. The van der Waals surface area contributed by atoms with Gasteiger partial charge in [-0.3, -0.25) is 4.79 Å². The first-order valence-electron chi connectivity index (χ1n) is 10.1. The van der Waals surface area contributed by atoms with Crippen LogP contribution < -0.4 is 21.8 Å². The molecule has 0 saturated carbocycles. The highest BCUT2D eigenvalue weighted by Gasteiger charge is 2.28. The molecule has 1 rings (SSSR count). The van der Waals surface area contributed by atoms with Crippen LogP contribution in [0.3, 0.4) is 0 Å². The Bertz CT molecular complexity index is 854. The van der Waals surface area contributed by atoms with Crippen molar-refractivity contribution in [1.82, 2.24) is 16.1 Å². The lowest BCUT2D eigenvalue weighted by Crippen LogP contribution is -2.53.